The number of hydrogen-bond donors (Lipinski definition) is 0. The molecule has 0 aromatic heterocycles. The normalized spacial score (nSPS) is 24.4. The monoisotopic (exact) mass is 147 g/mol. The van der Waals surface area contributed by atoms with Crippen LogP contribution in [0.2, 0.25) is 0 Å². The van der Waals surface area contributed by atoms with Gasteiger partial charge in [0.05, 0.1) is 6.61 Å². The Morgan fingerprint density at radius 1 is 1.22 bits per heavy atom. The average molecular weight is 147 g/mol. The quantitative estimate of drug-likeness (QED) is 0.319. The molecule has 1 aliphatic rings. The van der Waals surface area contributed by atoms with Crippen molar-refractivity contribution in [3.63, 3.8) is 0 Å². The minimum atomic E-state index is -3.80. The van der Waals surface area contributed by atoms with E-state index in [2.05, 4.69) is 13.4 Å². The van der Waals surface area contributed by atoms with Crippen molar-refractivity contribution >= 4 is 29.3 Å². The van der Waals surface area contributed by atoms with Gasteiger partial charge in [-0.1, -0.05) is 4.33 Å². The summed E-state index contributed by atoms with van der Waals surface area (Å²) in [5, 5.41) is 0. The fourth-order valence-corrected chi connectivity index (χ4v) is 0.780. The Bertz CT molecular complexity index is 150. The van der Waals surface area contributed by atoms with Crippen LogP contribution >= 0.6 is 0 Å². The first-order valence-electron chi connectivity index (χ1n) is 1.91. The molecule has 5 nitrogen and oxygen atoms in total. The van der Waals surface area contributed by atoms with E-state index < -0.39 is 10.4 Å². The van der Waals surface area contributed by atoms with Crippen LogP contribution in [-0.2, 0) is 23.8 Å². The minimum Gasteiger partial charge on any atom is -0.244 e. The molecular weight excluding hydrogens is 143 g/mol. The van der Waals surface area contributed by atoms with E-state index in [9.17, 15) is 8.42 Å². The van der Waals surface area contributed by atoms with Gasteiger partial charge in [-0.25, -0.2) is 9.07 Å². The maximum atomic E-state index is 10.1. The molecule has 49 valence electrons. The van der Waals surface area contributed by atoms with E-state index in [0.29, 0.717) is 0 Å². The minimum absolute atomic E-state index is 0. The molecule has 1 fully saturated rings. The van der Waals surface area contributed by atoms with Crippen molar-refractivity contribution in [2.45, 2.75) is 0 Å². The van der Waals surface area contributed by atoms with Crippen LogP contribution in [0.3, 0.4) is 0 Å². The van der Waals surface area contributed by atoms with Gasteiger partial charge in [0.15, 0.2) is 0 Å². The van der Waals surface area contributed by atoms with Gasteiger partial charge >= 0.3 is 10.4 Å². The standard InChI is InChI=1S/C2H4O5S.Li/c3-8(4)6-2-1-5-7-8;/h1-2H2;. The van der Waals surface area contributed by atoms with Crippen molar-refractivity contribution in [2.24, 2.45) is 0 Å². The summed E-state index contributed by atoms with van der Waals surface area (Å²) in [5.74, 6) is 0. The zero-order chi connectivity index (χ0) is 6.04. The van der Waals surface area contributed by atoms with Crippen LogP contribution in [0.15, 0.2) is 0 Å². The Balaban J connectivity index is 0.000000640. The Labute approximate surface area is 64.7 Å². The van der Waals surface area contributed by atoms with Crippen LogP contribution in [0.1, 0.15) is 0 Å². The Morgan fingerprint density at radius 3 is 2.11 bits per heavy atom. The molecule has 0 aromatic rings. The van der Waals surface area contributed by atoms with E-state index in [0.717, 1.165) is 0 Å². The van der Waals surface area contributed by atoms with Gasteiger partial charge in [0.25, 0.3) is 0 Å². The molecule has 0 spiro atoms. The van der Waals surface area contributed by atoms with E-state index in [1.165, 1.54) is 0 Å². The first-order valence-corrected chi connectivity index (χ1v) is 3.24. The number of rotatable bonds is 0. The summed E-state index contributed by atoms with van der Waals surface area (Å²) in [6.45, 7) is 0.182. The molecule has 0 aliphatic carbocycles. The fourth-order valence-electron chi connectivity index (χ4n) is 0.283. The van der Waals surface area contributed by atoms with Crippen molar-refractivity contribution in [1.29, 1.82) is 0 Å². The van der Waals surface area contributed by atoms with Crippen molar-refractivity contribution in [1.82, 2.24) is 0 Å². The molecule has 9 heavy (non-hydrogen) atoms. The third-order valence-electron chi connectivity index (χ3n) is 0.526. The molecule has 1 saturated heterocycles. The van der Waals surface area contributed by atoms with E-state index in [1.807, 2.05) is 0 Å². The summed E-state index contributed by atoms with van der Waals surface area (Å²) < 4.78 is 28.0. The third kappa shape index (κ3) is 3.20. The van der Waals surface area contributed by atoms with E-state index in [-0.39, 0.29) is 32.1 Å². The largest absolute Gasteiger partial charge is 0.426 e. The molecule has 1 heterocycles. The Morgan fingerprint density at radius 2 is 1.89 bits per heavy atom. The van der Waals surface area contributed by atoms with Crippen LogP contribution in [0, 0.1) is 0 Å². The van der Waals surface area contributed by atoms with Crippen LogP contribution in [-0.4, -0.2) is 40.5 Å². The van der Waals surface area contributed by atoms with Crippen LogP contribution in [0.5, 0.6) is 0 Å². The van der Waals surface area contributed by atoms with Gasteiger partial charge in [0.1, 0.15) is 6.61 Å². The molecule has 1 aliphatic heterocycles. The molecule has 0 amide bonds. The van der Waals surface area contributed by atoms with Crippen LogP contribution in [0.25, 0.3) is 0 Å². The van der Waals surface area contributed by atoms with Crippen molar-refractivity contribution < 1.29 is 21.8 Å². The van der Waals surface area contributed by atoms with Gasteiger partial charge in [-0.2, -0.15) is 8.42 Å². The Kier molecular flexibility index (Phi) is 3.73. The summed E-state index contributed by atoms with van der Waals surface area (Å²) in [4.78, 5) is 4.07. The third-order valence-corrected chi connectivity index (χ3v) is 1.24. The summed E-state index contributed by atoms with van der Waals surface area (Å²) in [7, 11) is -3.80. The smallest absolute Gasteiger partial charge is 0.244 e. The maximum absolute atomic E-state index is 10.1. The zero-order valence-electron chi connectivity index (χ0n) is 4.86. The molecule has 0 bridgehead atoms. The molecule has 0 saturated carbocycles. The summed E-state index contributed by atoms with van der Waals surface area (Å²) >= 11 is 0. The Hall–Kier alpha value is 0.427. The molecule has 7 heteroatoms. The summed E-state index contributed by atoms with van der Waals surface area (Å²) in [6.07, 6.45) is 0. The topological polar surface area (TPSA) is 61.8 Å². The number of hydrogen-bond acceptors (Lipinski definition) is 5. The molecule has 0 unspecified atom stereocenters. The van der Waals surface area contributed by atoms with Crippen LogP contribution in [0.4, 0.5) is 0 Å². The summed E-state index contributed by atoms with van der Waals surface area (Å²) in [5.41, 5.74) is 0. The fraction of sp³-hybridized carbons (Fsp3) is 1.00. The van der Waals surface area contributed by atoms with E-state index >= 15 is 0 Å². The van der Waals surface area contributed by atoms with Crippen LogP contribution < -0.4 is 0 Å². The van der Waals surface area contributed by atoms with Crippen molar-refractivity contribution in [2.75, 3.05) is 13.2 Å². The molecular formula is C2H4LiO5S. The second-order valence-corrected chi connectivity index (χ2v) is 2.31. The van der Waals surface area contributed by atoms with E-state index in [1.54, 1.807) is 0 Å². The SMILES string of the molecule is O=S1(=O)OCCOO1.[Li]. The molecule has 0 atom stereocenters. The predicted octanol–water partition coefficient (Wildman–Crippen LogP) is -1.17. The molecule has 1 radical (unpaired) electrons. The van der Waals surface area contributed by atoms with Gasteiger partial charge in [-0.15, -0.1) is 0 Å². The van der Waals surface area contributed by atoms with Gasteiger partial charge < -0.3 is 0 Å². The van der Waals surface area contributed by atoms with E-state index in [4.69, 9.17) is 0 Å². The first kappa shape index (κ1) is 9.43. The predicted molar refractivity (Wildman–Crippen MR) is 27.7 cm³/mol. The zero-order valence-corrected chi connectivity index (χ0v) is 5.68. The molecule has 1 rings (SSSR count). The van der Waals surface area contributed by atoms with Crippen molar-refractivity contribution in [3.8, 4) is 0 Å². The molecule has 0 aromatic carbocycles. The second kappa shape index (κ2) is 3.56. The van der Waals surface area contributed by atoms with Gasteiger partial charge in [-0.05, 0) is 0 Å². The van der Waals surface area contributed by atoms with Crippen molar-refractivity contribution in [3.05, 3.63) is 0 Å². The maximum Gasteiger partial charge on any atom is 0.426 e. The summed E-state index contributed by atoms with van der Waals surface area (Å²) in [6, 6.07) is 0. The average Bonchev–Trinajstić information content (AvgIpc) is 1.65. The first-order chi connectivity index (χ1) is 3.71. The van der Waals surface area contributed by atoms with Gasteiger partial charge in [0.2, 0.25) is 0 Å². The second-order valence-electron chi connectivity index (χ2n) is 1.12. The van der Waals surface area contributed by atoms with Gasteiger partial charge in [0, 0.05) is 18.9 Å². The van der Waals surface area contributed by atoms with Gasteiger partial charge in [-0.3, -0.25) is 0 Å². The molecule has 0 N–H and O–H groups in total.